The molecule has 0 aliphatic carbocycles. The zero-order valence-corrected chi connectivity index (χ0v) is 35.5. The van der Waals surface area contributed by atoms with Gasteiger partial charge in [0.1, 0.15) is 13.2 Å². The maximum atomic E-state index is 12.7. The third-order valence-electron chi connectivity index (χ3n) is 9.55. The van der Waals surface area contributed by atoms with Gasteiger partial charge in [0.25, 0.3) is 0 Å². The summed E-state index contributed by atoms with van der Waals surface area (Å²) in [6.07, 6.45) is 49.5. The van der Waals surface area contributed by atoms with Gasteiger partial charge in [0, 0.05) is 19.3 Å². The molecule has 54 heavy (non-hydrogen) atoms. The molecule has 0 bridgehead atoms. The summed E-state index contributed by atoms with van der Waals surface area (Å²) < 4.78 is 16.7. The van der Waals surface area contributed by atoms with Gasteiger partial charge < -0.3 is 14.2 Å². The molecule has 0 N–H and O–H groups in total. The van der Waals surface area contributed by atoms with Crippen LogP contribution in [-0.4, -0.2) is 37.2 Å². The lowest BCUT2D eigenvalue weighted by Gasteiger charge is -2.18. The van der Waals surface area contributed by atoms with Gasteiger partial charge in [-0.2, -0.15) is 0 Å². The predicted molar refractivity (Wildman–Crippen MR) is 229 cm³/mol. The molecule has 0 fully saturated rings. The minimum Gasteiger partial charge on any atom is -0.462 e. The van der Waals surface area contributed by atoms with E-state index >= 15 is 0 Å². The van der Waals surface area contributed by atoms with Crippen LogP contribution in [0.3, 0.4) is 0 Å². The smallest absolute Gasteiger partial charge is 0.306 e. The van der Waals surface area contributed by atoms with E-state index in [1.165, 1.54) is 77.0 Å². The summed E-state index contributed by atoms with van der Waals surface area (Å²) in [5, 5.41) is 0. The number of ether oxygens (including phenoxy) is 3. The molecule has 0 aliphatic rings. The summed E-state index contributed by atoms with van der Waals surface area (Å²) in [5.74, 6) is -0.904. The second-order valence-electron chi connectivity index (χ2n) is 14.9. The highest BCUT2D eigenvalue weighted by Gasteiger charge is 2.19. The van der Waals surface area contributed by atoms with E-state index in [0.717, 1.165) is 103 Å². The van der Waals surface area contributed by atoms with Gasteiger partial charge in [0.05, 0.1) is 0 Å². The first kappa shape index (κ1) is 51.4. The fourth-order valence-electron chi connectivity index (χ4n) is 6.16. The van der Waals surface area contributed by atoms with Crippen LogP contribution in [0.25, 0.3) is 0 Å². The molecular formula is C48H84O6. The summed E-state index contributed by atoms with van der Waals surface area (Å²) >= 11 is 0. The zero-order valence-electron chi connectivity index (χ0n) is 35.5. The van der Waals surface area contributed by atoms with Crippen molar-refractivity contribution in [1.82, 2.24) is 0 Å². The summed E-state index contributed by atoms with van der Waals surface area (Å²) in [5.41, 5.74) is 0. The standard InChI is InChI=1S/C48H84O6/c1-4-7-10-13-16-19-21-22-23-24-25-26-27-30-32-35-38-41-47(50)53-44-45(43-52-46(49)40-37-34-31-28-18-15-12-9-6-3)54-48(51)42-39-36-33-29-20-17-14-11-8-5-2/h7,10-11,14,16,19,22-23,45H,4-6,8-9,12-13,15,17-18,20-21,24-44H2,1-3H3/b10-7-,14-11-,19-16-,23-22-. The SMILES string of the molecule is CC/C=C\C/C=C\C/C=C\CCCCCCCCCC(=O)OCC(COC(=O)CCCCCCCCCCC)OC(=O)CCCCCCC/C=C\CCC. The molecule has 0 radical (unpaired) electrons. The van der Waals surface area contributed by atoms with Crippen molar-refractivity contribution in [3.63, 3.8) is 0 Å². The van der Waals surface area contributed by atoms with Crippen LogP contribution < -0.4 is 0 Å². The Morgan fingerprint density at radius 1 is 0.389 bits per heavy atom. The molecule has 0 spiro atoms. The summed E-state index contributed by atoms with van der Waals surface area (Å²) in [7, 11) is 0. The molecule has 0 saturated heterocycles. The number of hydrogen-bond donors (Lipinski definition) is 0. The predicted octanol–water partition coefficient (Wildman–Crippen LogP) is 14.4. The van der Waals surface area contributed by atoms with Crippen molar-refractivity contribution in [3.8, 4) is 0 Å². The Bertz CT molecular complexity index is 964. The van der Waals surface area contributed by atoms with Crippen LogP contribution in [0.15, 0.2) is 48.6 Å². The molecule has 1 atom stereocenters. The van der Waals surface area contributed by atoms with Gasteiger partial charge in [-0.3, -0.25) is 14.4 Å². The van der Waals surface area contributed by atoms with Crippen molar-refractivity contribution in [2.75, 3.05) is 13.2 Å². The fourth-order valence-corrected chi connectivity index (χ4v) is 6.16. The van der Waals surface area contributed by atoms with Crippen LogP contribution in [0.1, 0.15) is 220 Å². The number of allylic oxidation sites excluding steroid dienone is 8. The molecule has 312 valence electrons. The van der Waals surface area contributed by atoms with Gasteiger partial charge in [0.2, 0.25) is 0 Å². The van der Waals surface area contributed by atoms with Crippen molar-refractivity contribution in [2.24, 2.45) is 0 Å². The normalized spacial score (nSPS) is 12.4. The highest BCUT2D eigenvalue weighted by Crippen LogP contribution is 2.14. The molecule has 0 saturated carbocycles. The molecule has 0 heterocycles. The third-order valence-corrected chi connectivity index (χ3v) is 9.55. The maximum absolute atomic E-state index is 12.7. The van der Waals surface area contributed by atoms with Crippen LogP contribution in [0.2, 0.25) is 0 Å². The highest BCUT2D eigenvalue weighted by molar-refractivity contribution is 5.71. The summed E-state index contributed by atoms with van der Waals surface area (Å²) in [6.45, 7) is 6.42. The molecule has 0 aromatic heterocycles. The van der Waals surface area contributed by atoms with Crippen LogP contribution in [-0.2, 0) is 28.6 Å². The number of hydrogen-bond acceptors (Lipinski definition) is 6. The Hall–Kier alpha value is -2.63. The van der Waals surface area contributed by atoms with Gasteiger partial charge in [-0.05, 0) is 70.6 Å². The average Bonchev–Trinajstić information content (AvgIpc) is 3.17. The van der Waals surface area contributed by atoms with E-state index in [2.05, 4.69) is 69.4 Å². The lowest BCUT2D eigenvalue weighted by atomic mass is 10.1. The topological polar surface area (TPSA) is 78.9 Å². The minimum absolute atomic E-state index is 0.0788. The number of rotatable bonds is 40. The van der Waals surface area contributed by atoms with Crippen molar-refractivity contribution >= 4 is 17.9 Å². The van der Waals surface area contributed by atoms with E-state index in [1.54, 1.807) is 0 Å². The van der Waals surface area contributed by atoms with Crippen LogP contribution >= 0.6 is 0 Å². The van der Waals surface area contributed by atoms with Gasteiger partial charge >= 0.3 is 17.9 Å². The molecule has 0 amide bonds. The van der Waals surface area contributed by atoms with E-state index in [9.17, 15) is 14.4 Å². The molecule has 1 unspecified atom stereocenters. The molecule has 0 aromatic rings. The highest BCUT2D eigenvalue weighted by atomic mass is 16.6. The summed E-state index contributed by atoms with van der Waals surface area (Å²) in [4.78, 5) is 37.6. The Kier molecular flexibility index (Phi) is 41.0. The lowest BCUT2D eigenvalue weighted by molar-refractivity contribution is -0.167. The number of carbonyl (C=O) groups is 3. The number of unbranched alkanes of at least 4 members (excludes halogenated alkanes) is 21. The van der Waals surface area contributed by atoms with E-state index < -0.39 is 6.10 Å². The first-order valence-electron chi connectivity index (χ1n) is 22.6. The molecule has 0 rings (SSSR count). The largest absolute Gasteiger partial charge is 0.462 e. The second-order valence-corrected chi connectivity index (χ2v) is 14.9. The second kappa shape index (κ2) is 43.1. The molecule has 0 aromatic carbocycles. The van der Waals surface area contributed by atoms with Crippen molar-refractivity contribution in [2.45, 2.75) is 226 Å². The maximum Gasteiger partial charge on any atom is 0.306 e. The monoisotopic (exact) mass is 757 g/mol. The van der Waals surface area contributed by atoms with E-state index in [1.807, 2.05) is 0 Å². The molecule has 6 heteroatoms. The molecule has 6 nitrogen and oxygen atoms in total. The summed E-state index contributed by atoms with van der Waals surface area (Å²) in [6, 6.07) is 0. The van der Waals surface area contributed by atoms with Crippen LogP contribution in [0.4, 0.5) is 0 Å². The number of esters is 3. The fraction of sp³-hybridized carbons (Fsp3) is 0.771. The number of carbonyl (C=O) groups excluding carboxylic acids is 3. The third kappa shape index (κ3) is 40.6. The molecular weight excluding hydrogens is 673 g/mol. The molecule has 0 aliphatic heterocycles. The van der Waals surface area contributed by atoms with E-state index in [0.29, 0.717) is 19.3 Å². The van der Waals surface area contributed by atoms with Crippen molar-refractivity contribution < 1.29 is 28.6 Å². The van der Waals surface area contributed by atoms with Gasteiger partial charge in [0.15, 0.2) is 6.10 Å². The minimum atomic E-state index is -0.775. The van der Waals surface area contributed by atoms with Gasteiger partial charge in [-0.25, -0.2) is 0 Å². The van der Waals surface area contributed by atoms with Crippen LogP contribution in [0.5, 0.6) is 0 Å². The Balaban J connectivity index is 4.32. The Morgan fingerprint density at radius 3 is 1.22 bits per heavy atom. The van der Waals surface area contributed by atoms with Gasteiger partial charge in [-0.1, -0.05) is 179 Å². The van der Waals surface area contributed by atoms with Crippen molar-refractivity contribution in [1.29, 1.82) is 0 Å². The lowest BCUT2D eigenvalue weighted by Crippen LogP contribution is -2.30. The zero-order chi connectivity index (χ0) is 39.4. The van der Waals surface area contributed by atoms with Crippen molar-refractivity contribution in [3.05, 3.63) is 48.6 Å². The Morgan fingerprint density at radius 2 is 0.759 bits per heavy atom. The average molecular weight is 757 g/mol. The first-order valence-corrected chi connectivity index (χ1v) is 22.6. The van der Waals surface area contributed by atoms with Crippen LogP contribution in [0, 0.1) is 0 Å². The van der Waals surface area contributed by atoms with E-state index in [4.69, 9.17) is 14.2 Å². The first-order chi connectivity index (χ1) is 26.5. The Labute approximate surface area is 333 Å². The van der Waals surface area contributed by atoms with E-state index in [-0.39, 0.29) is 31.1 Å². The van der Waals surface area contributed by atoms with Gasteiger partial charge in [-0.15, -0.1) is 0 Å². The quantitative estimate of drug-likeness (QED) is 0.0268.